The first-order valence-electron chi connectivity index (χ1n) is 6.10. The van der Waals surface area contributed by atoms with Gasteiger partial charge in [0.05, 0.1) is 6.61 Å². The van der Waals surface area contributed by atoms with Crippen LogP contribution in [-0.4, -0.2) is 43.6 Å². The van der Waals surface area contributed by atoms with Crippen LogP contribution in [0.25, 0.3) is 0 Å². The van der Waals surface area contributed by atoms with E-state index >= 15 is 0 Å². The van der Waals surface area contributed by atoms with Crippen LogP contribution in [0.15, 0.2) is 18.2 Å². The number of hydrogen-bond donors (Lipinski definition) is 1. The number of ether oxygens (including phenoxy) is 1. The van der Waals surface area contributed by atoms with Gasteiger partial charge in [0.15, 0.2) is 0 Å². The standard InChI is InChI=1S/C13H16N2O2/c16-13(15-6-4-14-5-7-15)11-1-2-12-10(9-11)3-8-17-12/h1-2,9,14H,3-8H2. The summed E-state index contributed by atoms with van der Waals surface area (Å²) in [5.41, 5.74) is 1.95. The molecule has 0 saturated carbocycles. The van der Waals surface area contributed by atoms with E-state index in [4.69, 9.17) is 4.74 Å². The van der Waals surface area contributed by atoms with Gasteiger partial charge < -0.3 is 15.0 Å². The van der Waals surface area contributed by atoms with Crippen molar-refractivity contribution in [1.29, 1.82) is 0 Å². The summed E-state index contributed by atoms with van der Waals surface area (Å²) < 4.78 is 5.44. The van der Waals surface area contributed by atoms with Gasteiger partial charge in [-0.05, 0) is 23.8 Å². The Balaban J connectivity index is 1.81. The summed E-state index contributed by atoms with van der Waals surface area (Å²) in [5.74, 6) is 1.07. The average Bonchev–Trinajstić information content (AvgIpc) is 2.86. The lowest BCUT2D eigenvalue weighted by Crippen LogP contribution is -2.46. The second-order valence-electron chi connectivity index (χ2n) is 4.46. The van der Waals surface area contributed by atoms with E-state index in [0.29, 0.717) is 0 Å². The minimum Gasteiger partial charge on any atom is -0.493 e. The molecule has 0 unspecified atom stereocenters. The molecule has 4 nitrogen and oxygen atoms in total. The molecule has 2 heterocycles. The van der Waals surface area contributed by atoms with Gasteiger partial charge in [-0.1, -0.05) is 0 Å². The second kappa shape index (κ2) is 4.37. The van der Waals surface area contributed by atoms with Gasteiger partial charge in [-0.2, -0.15) is 0 Å². The van der Waals surface area contributed by atoms with Crippen LogP contribution >= 0.6 is 0 Å². The predicted octanol–water partition coefficient (Wildman–Crippen LogP) is 0.667. The number of fused-ring (bicyclic) bond motifs is 1. The van der Waals surface area contributed by atoms with Crippen molar-refractivity contribution in [2.75, 3.05) is 32.8 Å². The zero-order valence-corrected chi connectivity index (χ0v) is 9.74. The Kier molecular flexibility index (Phi) is 2.73. The maximum absolute atomic E-state index is 12.3. The Morgan fingerprint density at radius 2 is 2.12 bits per heavy atom. The third-order valence-corrected chi connectivity index (χ3v) is 3.34. The summed E-state index contributed by atoms with van der Waals surface area (Å²) in [6.45, 7) is 4.11. The number of nitrogens with one attached hydrogen (secondary N) is 1. The molecule has 1 amide bonds. The summed E-state index contributed by atoms with van der Waals surface area (Å²) in [4.78, 5) is 14.2. The summed E-state index contributed by atoms with van der Waals surface area (Å²) in [6.07, 6.45) is 0.915. The Hall–Kier alpha value is -1.55. The largest absolute Gasteiger partial charge is 0.493 e. The van der Waals surface area contributed by atoms with Gasteiger partial charge in [0, 0.05) is 38.2 Å². The Morgan fingerprint density at radius 3 is 2.94 bits per heavy atom. The van der Waals surface area contributed by atoms with Gasteiger partial charge in [-0.25, -0.2) is 0 Å². The first kappa shape index (κ1) is 10.6. The molecule has 1 saturated heterocycles. The summed E-state index contributed by atoms with van der Waals surface area (Å²) in [6, 6.07) is 5.76. The van der Waals surface area contributed by atoms with Crippen LogP contribution in [0.4, 0.5) is 0 Å². The van der Waals surface area contributed by atoms with Gasteiger partial charge >= 0.3 is 0 Å². The number of carbonyl (C=O) groups is 1. The molecule has 1 aromatic carbocycles. The van der Waals surface area contributed by atoms with E-state index in [1.807, 2.05) is 23.1 Å². The number of carbonyl (C=O) groups excluding carboxylic acids is 1. The average molecular weight is 232 g/mol. The van der Waals surface area contributed by atoms with E-state index in [0.717, 1.165) is 56.1 Å². The van der Waals surface area contributed by atoms with Gasteiger partial charge in [0.2, 0.25) is 0 Å². The van der Waals surface area contributed by atoms with Crippen molar-refractivity contribution in [3.05, 3.63) is 29.3 Å². The fraction of sp³-hybridized carbons (Fsp3) is 0.462. The molecule has 17 heavy (non-hydrogen) atoms. The second-order valence-corrected chi connectivity index (χ2v) is 4.46. The molecule has 0 atom stereocenters. The maximum atomic E-state index is 12.3. The third-order valence-electron chi connectivity index (χ3n) is 3.34. The lowest BCUT2D eigenvalue weighted by Gasteiger charge is -2.27. The van der Waals surface area contributed by atoms with E-state index in [1.165, 1.54) is 0 Å². The Bertz CT molecular complexity index is 439. The molecule has 1 fully saturated rings. The SMILES string of the molecule is O=C(c1ccc2c(c1)CCO2)N1CCNCC1. The zero-order valence-electron chi connectivity index (χ0n) is 9.74. The molecular weight excluding hydrogens is 216 g/mol. The molecule has 1 N–H and O–H groups in total. The number of amides is 1. The predicted molar refractivity (Wildman–Crippen MR) is 64.4 cm³/mol. The van der Waals surface area contributed by atoms with Crippen LogP contribution in [0.1, 0.15) is 15.9 Å². The minimum atomic E-state index is 0.140. The quantitative estimate of drug-likeness (QED) is 0.773. The fourth-order valence-corrected chi connectivity index (χ4v) is 2.37. The van der Waals surface area contributed by atoms with Crippen LogP contribution in [-0.2, 0) is 6.42 Å². The van der Waals surface area contributed by atoms with Crippen molar-refractivity contribution in [1.82, 2.24) is 10.2 Å². The van der Waals surface area contributed by atoms with Crippen LogP contribution in [0.2, 0.25) is 0 Å². The first-order valence-corrected chi connectivity index (χ1v) is 6.10. The van der Waals surface area contributed by atoms with Crippen molar-refractivity contribution in [3.63, 3.8) is 0 Å². The third kappa shape index (κ3) is 2.00. The van der Waals surface area contributed by atoms with Gasteiger partial charge in [-0.3, -0.25) is 4.79 Å². The number of rotatable bonds is 1. The molecule has 0 aromatic heterocycles. The van der Waals surface area contributed by atoms with E-state index < -0.39 is 0 Å². The monoisotopic (exact) mass is 232 g/mol. The lowest BCUT2D eigenvalue weighted by atomic mass is 10.1. The van der Waals surface area contributed by atoms with Crippen LogP contribution in [0, 0.1) is 0 Å². The van der Waals surface area contributed by atoms with Gasteiger partial charge in [0.1, 0.15) is 5.75 Å². The van der Waals surface area contributed by atoms with Crippen molar-refractivity contribution < 1.29 is 9.53 Å². The highest BCUT2D eigenvalue weighted by Crippen LogP contribution is 2.26. The number of piperazine rings is 1. The van der Waals surface area contributed by atoms with Crippen molar-refractivity contribution in [3.8, 4) is 5.75 Å². The van der Waals surface area contributed by atoms with Crippen molar-refractivity contribution in [2.24, 2.45) is 0 Å². The molecule has 0 spiro atoms. The van der Waals surface area contributed by atoms with E-state index in [-0.39, 0.29) is 5.91 Å². The van der Waals surface area contributed by atoms with Crippen molar-refractivity contribution in [2.45, 2.75) is 6.42 Å². The highest BCUT2D eigenvalue weighted by atomic mass is 16.5. The summed E-state index contributed by atoms with van der Waals surface area (Å²) >= 11 is 0. The van der Waals surface area contributed by atoms with Crippen molar-refractivity contribution >= 4 is 5.91 Å². The molecule has 0 aliphatic carbocycles. The molecule has 0 radical (unpaired) electrons. The molecular formula is C13H16N2O2. The normalized spacial score (nSPS) is 18.7. The highest BCUT2D eigenvalue weighted by molar-refractivity contribution is 5.94. The summed E-state index contributed by atoms with van der Waals surface area (Å²) in [7, 11) is 0. The minimum absolute atomic E-state index is 0.140. The van der Waals surface area contributed by atoms with E-state index in [1.54, 1.807) is 0 Å². The molecule has 4 heteroatoms. The zero-order chi connectivity index (χ0) is 11.7. The van der Waals surface area contributed by atoms with Gasteiger partial charge in [-0.15, -0.1) is 0 Å². The molecule has 3 rings (SSSR count). The number of hydrogen-bond acceptors (Lipinski definition) is 3. The molecule has 0 bridgehead atoms. The van der Waals surface area contributed by atoms with E-state index in [2.05, 4.69) is 5.32 Å². The smallest absolute Gasteiger partial charge is 0.253 e. The van der Waals surface area contributed by atoms with E-state index in [9.17, 15) is 4.79 Å². The lowest BCUT2D eigenvalue weighted by molar-refractivity contribution is 0.0735. The number of benzene rings is 1. The van der Waals surface area contributed by atoms with Crippen LogP contribution < -0.4 is 10.1 Å². The summed E-state index contributed by atoms with van der Waals surface area (Å²) in [5, 5.41) is 3.25. The molecule has 90 valence electrons. The Morgan fingerprint density at radius 1 is 1.29 bits per heavy atom. The van der Waals surface area contributed by atoms with Crippen LogP contribution in [0.3, 0.4) is 0 Å². The van der Waals surface area contributed by atoms with Crippen LogP contribution in [0.5, 0.6) is 5.75 Å². The maximum Gasteiger partial charge on any atom is 0.253 e. The fourth-order valence-electron chi connectivity index (χ4n) is 2.37. The molecule has 1 aromatic rings. The topological polar surface area (TPSA) is 41.6 Å². The first-order chi connectivity index (χ1) is 8.34. The highest BCUT2D eigenvalue weighted by Gasteiger charge is 2.20. The number of nitrogens with zero attached hydrogens (tertiary/aromatic N) is 1. The molecule has 2 aliphatic rings. The molecule has 2 aliphatic heterocycles. The Labute approximate surface area is 101 Å². The van der Waals surface area contributed by atoms with Gasteiger partial charge in [0.25, 0.3) is 5.91 Å².